The Morgan fingerprint density at radius 2 is 1.89 bits per heavy atom. The van der Waals surface area contributed by atoms with Crippen molar-refractivity contribution in [1.82, 2.24) is 5.32 Å². The first kappa shape index (κ1) is 12.9. The number of benzene rings is 2. The molecule has 18 heavy (non-hydrogen) atoms. The Balaban J connectivity index is 2.14. The molecule has 96 valence electrons. The number of nitrogens with one attached hydrogen (secondary N) is 1. The molecule has 2 nitrogen and oxygen atoms in total. The lowest BCUT2D eigenvalue weighted by atomic mass is 10.0. The molecule has 2 aromatic carbocycles. The largest absolute Gasteiger partial charge is 0.508 e. The molecule has 0 fully saturated rings. The Morgan fingerprint density at radius 1 is 1.11 bits per heavy atom. The third-order valence-corrected chi connectivity index (χ3v) is 3.22. The molecule has 0 heterocycles. The van der Waals surface area contributed by atoms with Gasteiger partial charge in [0.1, 0.15) is 5.75 Å². The van der Waals surface area contributed by atoms with Gasteiger partial charge in [-0.1, -0.05) is 44.2 Å². The summed E-state index contributed by atoms with van der Waals surface area (Å²) in [5.41, 5.74) is 0.997. The van der Waals surface area contributed by atoms with Gasteiger partial charge in [-0.3, -0.25) is 0 Å². The first-order valence-electron chi connectivity index (χ1n) is 6.59. The zero-order valence-corrected chi connectivity index (χ0v) is 11.1. The van der Waals surface area contributed by atoms with Gasteiger partial charge in [-0.2, -0.15) is 0 Å². The Morgan fingerprint density at radius 3 is 2.67 bits per heavy atom. The molecule has 0 unspecified atom stereocenters. The van der Waals surface area contributed by atoms with Crippen LogP contribution in [0.1, 0.15) is 25.8 Å². The van der Waals surface area contributed by atoms with E-state index < -0.39 is 0 Å². The molecule has 0 aliphatic carbocycles. The van der Waals surface area contributed by atoms with Crippen molar-refractivity contribution in [3.05, 3.63) is 42.0 Å². The smallest absolute Gasteiger partial charge is 0.120 e. The van der Waals surface area contributed by atoms with Gasteiger partial charge in [-0.25, -0.2) is 0 Å². The monoisotopic (exact) mass is 243 g/mol. The molecule has 0 atom stereocenters. The minimum Gasteiger partial charge on any atom is -0.508 e. The van der Waals surface area contributed by atoms with Crippen LogP contribution in [0.2, 0.25) is 0 Å². The van der Waals surface area contributed by atoms with Crippen LogP contribution in [0.25, 0.3) is 10.8 Å². The molecule has 0 aliphatic heterocycles. The van der Waals surface area contributed by atoms with E-state index in [9.17, 15) is 5.11 Å². The summed E-state index contributed by atoms with van der Waals surface area (Å²) in [4.78, 5) is 0. The lowest BCUT2D eigenvalue weighted by molar-refractivity contribution is 0.463. The minimum absolute atomic E-state index is 0.380. The molecule has 0 aromatic heterocycles. The summed E-state index contributed by atoms with van der Waals surface area (Å²) in [5.74, 6) is 1.09. The van der Waals surface area contributed by atoms with Gasteiger partial charge >= 0.3 is 0 Å². The van der Waals surface area contributed by atoms with Gasteiger partial charge in [0, 0.05) is 12.1 Å². The molecule has 2 N–H and O–H groups in total. The second kappa shape index (κ2) is 5.87. The number of hydrogen-bond donors (Lipinski definition) is 2. The predicted octanol–water partition coefficient (Wildman–Crippen LogP) is 3.68. The van der Waals surface area contributed by atoms with Gasteiger partial charge in [0.15, 0.2) is 0 Å². The average Bonchev–Trinajstić information content (AvgIpc) is 2.36. The van der Waals surface area contributed by atoms with Crippen molar-refractivity contribution in [3.63, 3.8) is 0 Å². The van der Waals surface area contributed by atoms with Gasteiger partial charge in [0.2, 0.25) is 0 Å². The molecule has 0 saturated carbocycles. The maximum absolute atomic E-state index is 9.98. The first-order chi connectivity index (χ1) is 8.68. The molecule has 2 aromatic rings. The van der Waals surface area contributed by atoms with Crippen molar-refractivity contribution in [1.29, 1.82) is 0 Å². The van der Waals surface area contributed by atoms with Gasteiger partial charge in [0.25, 0.3) is 0 Å². The number of phenols is 1. The maximum atomic E-state index is 9.98. The molecule has 0 radical (unpaired) electrons. The lowest BCUT2D eigenvalue weighted by Crippen LogP contribution is -2.16. The highest BCUT2D eigenvalue weighted by atomic mass is 16.3. The quantitative estimate of drug-likeness (QED) is 0.785. The van der Waals surface area contributed by atoms with Crippen molar-refractivity contribution < 1.29 is 5.11 Å². The summed E-state index contributed by atoms with van der Waals surface area (Å²) in [5, 5.41) is 15.7. The lowest BCUT2D eigenvalue weighted by Gasteiger charge is -2.11. The standard InChI is InChI=1S/C16H21NO/c1-12(2)9-10-17-11-15-14-6-4-3-5-13(14)7-8-16(15)18/h3-8,12,17-18H,9-11H2,1-2H3. The van der Waals surface area contributed by atoms with Crippen molar-refractivity contribution in [2.75, 3.05) is 6.54 Å². The van der Waals surface area contributed by atoms with E-state index in [0.29, 0.717) is 11.7 Å². The molecule has 2 rings (SSSR count). The molecule has 0 aliphatic rings. The number of hydrogen-bond acceptors (Lipinski definition) is 2. The van der Waals surface area contributed by atoms with Crippen molar-refractivity contribution in [3.8, 4) is 5.75 Å². The fourth-order valence-electron chi connectivity index (χ4n) is 2.11. The fourth-order valence-corrected chi connectivity index (χ4v) is 2.11. The molecule has 0 amide bonds. The fraction of sp³-hybridized carbons (Fsp3) is 0.375. The van der Waals surface area contributed by atoms with E-state index in [4.69, 9.17) is 0 Å². The Bertz CT molecular complexity index is 519. The zero-order chi connectivity index (χ0) is 13.0. The highest BCUT2D eigenvalue weighted by Gasteiger charge is 2.06. The minimum atomic E-state index is 0.380. The van der Waals surface area contributed by atoms with E-state index in [0.717, 1.165) is 30.5 Å². The van der Waals surface area contributed by atoms with Crippen LogP contribution in [0.5, 0.6) is 5.75 Å². The van der Waals surface area contributed by atoms with Crippen molar-refractivity contribution >= 4 is 10.8 Å². The van der Waals surface area contributed by atoms with Crippen LogP contribution in [0.4, 0.5) is 0 Å². The summed E-state index contributed by atoms with van der Waals surface area (Å²) in [6, 6.07) is 11.9. The second-order valence-electron chi connectivity index (χ2n) is 5.14. The topological polar surface area (TPSA) is 32.3 Å². The van der Waals surface area contributed by atoms with Gasteiger partial charge in [-0.15, -0.1) is 0 Å². The third kappa shape index (κ3) is 3.02. The van der Waals surface area contributed by atoms with Crippen LogP contribution in [-0.2, 0) is 6.54 Å². The van der Waals surface area contributed by atoms with Crippen molar-refractivity contribution in [2.24, 2.45) is 5.92 Å². The third-order valence-electron chi connectivity index (χ3n) is 3.22. The zero-order valence-electron chi connectivity index (χ0n) is 11.1. The summed E-state index contributed by atoms with van der Waals surface area (Å²) in [6.45, 7) is 6.15. The van der Waals surface area contributed by atoms with E-state index in [2.05, 4.69) is 31.3 Å². The molecule has 0 bridgehead atoms. The highest BCUT2D eigenvalue weighted by Crippen LogP contribution is 2.26. The van der Waals surface area contributed by atoms with Crippen LogP contribution >= 0.6 is 0 Å². The first-order valence-corrected chi connectivity index (χ1v) is 6.59. The van der Waals surface area contributed by atoms with E-state index in [1.165, 1.54) is 5.39 Å². The normalized spacial score (nSPS) is 11.3. The summed E-state index contributed by atoms with van der Waals surface area (Å²) >= 11 is 0. The van der Waals surface area contributed by atoms with Crippen LogP contribution in [0, 0.1) is 5.92 Å². The van der Waals surface area contributed by atoms with Gasteiger partial charge in [-0.05, 0) is 35.7 Å². The summed E-state index contributed by atoms with van der Waals surface area (Å²) in [6.07, 6.45) is 1.16. The molecule has 0 spiro atoms. The molecular weight excluding hydrogens is 222 g/mol. The SMILES string of the molecule is CC(C)CCNCc1c(O)ccc2ccccc12. The number of phenolic OH excluding ortho intramolecular Hbond substituents is 1. The maximum Gasteiger partial charge on any atom is 0.120 e. The highest BCUT2D eigenvalue weighted by molar-refractivity contribution is 5.87. The van der Waals surface area contributed by atoms with E-state index in [-0.39, 0.29) is 0 Å². The second-order valence-corrected chi connectivity index (χ2v) is 5.14. The van der Waals surface area contributed by atoms with Crippen LogP contribution < -0.4 is 5.32 Å². The number of aromatic hydroxyl groups is 1. The average molecular weight is 243 g/mol. The Kier molecular flexibility index (Phi) is 4.21. The summed E-state index contributed by atoms with van der Waals surface area (Å²) in [7, 11) is 0. The Labute approximate surface area is 109 Å². The van der Waals surface area contributed by atoms with Crippen molar-refractivity contribution in [2.45, 2.75) is 26.8 Å². The van der Waals surface area contributed by atoms with Crippen LogP contribution in [-0.4, -0.2) is 11.7 Å². The Hall–Kier alpha value is -1.54. The van der Waals surface area contributed by atoms with Crippen LogP contribution in [0.15, 0.2) is 36.4 Å². The molecule has 0 saturated heterocycles. The molecular formula is C16H21NO. The molecule has 2 heteroatoms. The van der Waals surface area contributed by atoms with Gasteiger partial charge in [0.05, 0.1) is 0 Å². The van der Waals surface area contributed by atoms with E-state index in [1.807, 2.05) is 18.2 Å². The number of rotatable bonds is 5. The van der Waals surface area contributed by atoms with E-state index >= 15 is 0 Å². The predicted molar refractivity (Wildman–Crippen MR) is 76.8 cm³/mol. The van der Waals surface area contributed by atoms with Crippen LogP contribution in [0.3, 0.4) is 0 Å². The summed E-state index contributed by atoms with van der Waals surface area (Å²) < 4.78 is 0. The van der Waals surface area contributed by atoms with E-state index in [1.54, 1.807) is 6.07 Å². The number of fused-ring (bicyclic) bond motifs is 1. The van der Waals surface area contributed by atoms with Gasteiger partial charge < -0.3 is 10.4 Å².